The number of unbranched alkanes of at least 4 members (excludes halogenated alkanes) is 42. The second-order valence-corrected chi connectivity index (χ2v) is 22.4. The fourth-order valence-electron chi connectivity index (χ4n) is 9.93. The lowest BCUT2D eigenvalue weighted by atomic mass is 10.0. The number of allylic oxidation sites excluding steroid dienone is 9. The van der Waals surface area contributed by atoms with Crippen LogP contribution in [0.25, 0.3) is 0 Å². The number of carbonyl (C=O) groups excluding carboxylic acids is 2. The highest BCUT2D eigenvalue weighted by Gasteiger charge is 2.18. The highest BCUT2D eigenvalue weighted by atomic mass is 16.5. The minimum absolute atomic E-state index is 0.00583. The molecule has 0 heterocycles. The first-order chi connectivity index (χ1) is 37.0. The van der Waals surface area contributed by atoms with E-state index in [0.29, 0.717) is 19.4 Å². The monoisotopic (exact) mass is 1050 g/mol. The molecule has 0 aromatic rings. The minimum Gasteiger partial charge on any atom is -0.466 e. The van der Waals surface area contributed by atoms with Gasteiger partial charge in [-0.2, -0.15) is 0 Å². The third-order valence-corrected chi connectivity index (χ3v) is 15.0. The van der Waals surface area contributed by atoms with Crippen LogP contribution in [0.1, 0.15) is 341 Å². The van der Waals surface area contributed by atoms with Gasteiger partial charge >= 0.3 is 5.97 Å². The van der Waals surface area contributed by atoms with E-state index in [1.54, 1.807) is 6.08 Å². The van der Waals surface area contributed by atoms with Crippen molar-refractivity contribution in [2.45, 2.75) is 353 Å². The van der Waals surface area contributed by atoms with Gasteiger partial charge < -0.3 is 20.3 Å². The number of esters is 1. The molecule has 0 saturated carbocycles. The molecular weight excluding hydrogens is 923 g/mol. The number of hydrogen-bond acceptors (Lipinski definition) is 5. The zero-order valence-corrected chi connectivity index (χ0v) is 50.0. The molecule has 0 fully saturated rings. The number of aliphatic hydroxyl groups is 2. The van der Waals surface area contributed by atoms with E-state index < -0.39 is 12.1 Å². The van der Waals surface area contributed by atoms with Gasteiger partial charge in [-0.15, -0.1) is 0 Å². The van der Waals surface area contributed by atoms with Crippen molar-refractivity contribution in [1.82, 2.24) is 5.32 Å². The Morgan fingerprint density at radius 1 is 0.373 bits per heavy atom. The Morgan fingerprint density at radius 2 is 0.667 bits per heavy atom. The van der Waals surface area contributed by atoms with Crippen LogP contribution in [0.15, 0.2) is 60.8 Å². The SMILES string of the molecule is CCCCC/C=C\C/C=C\CCCCCCCC(=O)OCCCCCCCCCCC/C=C\C/C=C\CCCCCCCCCCCC(=O)NC(CO)C(O)/C=C/CCCCCCCCCCCCCCCCCC. The van der Waals surface area contributed by atoms with Crippen molar-refractivity contribution >= 4 is 11.9 Å². The van der Waals surface area contributed by atoms with Crippen LogP contribution in [0.5, 0.6) is 0 Å². The van der Waals surface area contributed by atoms with Crippen LogP contribution >= 0.6 is 0 Å². The van der Waals surface area contributed by atoms with Crippen molar-refractivity contribution in [3.63, 3.8) is 0 Å². The maximum atomic E-state index is 12.5. The summed E-state index contributed by atoms with van der Waals surface area (Å²) in [6.45, 7) is 4.88. The topological polar surface area (TPSA) is 95.9 Å². The van der Waals surface area contributed by atoms with Gasteiger partial charge in [-0.25, -0.2) is 0 Å². The van der Waals surface area contributed by atoms with Crippen LogP contribution in [-0.4, -0.2) is 47.4 Å². The molecule has 0 aromatic carbocycles. The minimum atomic E-state index is -0.850. The third kappa shape index (κ3) is 60.6. The standard InChI is InChI=1S/C69H127NO5/c1-3-5-7-9-11-13-15-17-19-20-30-34-37-41-45-49-53-57-61-67(72)66(65-71)70-68(73)62-58-54-50-46-42-38-35-31-28-26-24-22-21-23-25-27-29-32-36-40-44-48-52-56-60-64-75-69(74)63-59-55-51-47-43-39-33-18-16-14-12-10-8-6-4-2/h12,14,18,22-25,33,57,61,66-67,71-72H,3-11,13,15-17,19-21,26-32,34-56,58-60,62-65H2,1-2H3,(H,70,73)/b14-12-,24-22-,25-23-,33-18-,61-57+. The average Bonchev–Trinajstić information content (AvgIpc) is 3.41. The van der Waals surface area contributed by atoms with Crippen LogP contribution in [-0.2, 0) is 14.3 Å². The number of rotatable bonds is 61. The summed E-state index contributed by atoms with van der Waals surface area (Å²) in [6.07, 6.45) is 84.1. The summed E-state index contributed by atoms with van der Waals surface area (Å²) in [5, 5.41) is 23.2. The zero-order chi connectivity index (χ0) is 54.3. The van der Waals surface area contributed by atoms with Crippen LogP contribution in [0.2, 0.25) is 0 Å². The number of nitrogens with one attached hydrogen (secondary N) is 1. The highest BCUT2D eigenvalue weighted by Crippen LogP contribution is 2.17. The summed E-state index contributed by atoms with van der Waals surface area (Å²) in [7, 11) is 0. The Hall–Kier alpha value is -2.44. The van der Waals surface area contributed by atoms with Gasteiger partial charge in [0.1, 0.15) is 0 Å². The summed E-state index contributed by atoms with van der Waals surface area (Å²) in [4.78, 5) is 24.5. The largest absolute Gasteiger partial charge is 0.466 e. The molecule has 2 unspecified atom stereocenters. The summed E-state index contributed by atoms with van der Waals surface area (Å²) in [5.41, 5.74) is 0. The summed E-state index contributed by atoms with van der Waals surface area (Å²) >= 11 is 0. The predicted octanol–water partition coefficient (Wildman–Crippen LogP) is 21.1. The highest BCUT2D eigenvalue weighted by molar-refractivity contribution is 5.76. The lowest BCUT2D eigenvalue weighted by molar-refractivity contribution is -0.143. The smallest absolute Gasteiger partial charge is 0.305 e. The van der Waals surface area contributed by atoms with Crippen molar-refractivity contribution in [2.75, 3.05) is 13.2 Å². The third-order valence-electron chi connectivity index (χ3n) is 15.0. The molecule has 0 aliphatic rings. The molecule has 0 radical (unpaired) electrons. The Labute approximate surface area is 467 Å². The molecule has 2 atom stereocenters. The fraction of sp³-hybridized carbons (Fsp3) is 0.826. The zero-order valence-electron chi connectivity index (χ0n) is 50.0. The molecule has 0 rings (SSSR count). The summed E-state index contributed by atoms with van der Waals surface area (Å²) in [5.74, 6) is -0.0787. The van der Waals surface area contributed by atoms with Crippen molar-refractivity contribution < 1.29 is 24.5 Å². The van der Waals surface area contributed by atoms with Crippen LogP contribution in [0.4, 0.5) is 0 Å². The fourth-order valence-corrected chi connectivity index (χ4v) is 9.93. The van der Waals surface area contributed by atoms with Crippen LogP contribution in [0.3, 0.4) is 0 Å². The Morgan fingerprint density at radius 3 is 1.04 bits per heavy atom. The molecule has 0 aliphatic carbocycles. The number of hydrogen-bond donors (Lipinski definition) is 3. The van der Waals surface area contributed by atoms with Crippen LogP contribution < -0.4 is 5.32 Å². The van der Waals surface area contributed by atoms with Gasteiger partial charge in [-0.1, -0.05) is 293 Å². The summed E-state index contributed by atoms with van der Waals surface area (Å²) in [6, 6.07) is -0.634. The Kier molecular flexibility index (Phi) is 62.0. The van der Waals surface area contributed by atoms with Gasteiger partial charge in [-0.05, 0) is 96.3 Å². The summed E-state index contributed by atoms with van der Waals surface area (Å²) < 4.78 is 5.47. The van der Waals surface area contributed by atoms with E-state index in [-0.39, 0.29) is 18.5 Å². The molecule has 75 heavy (non-hydrogen) atoms. The van der Waals surface area contributed by atoms with Crippen molar-refractivity contribution in [3.8, 4) is 0 Å². The van der Waals surface area contributed by atoms with E-state index in [4.69, 9.17) is 4.74 Å². The van der Waals surface area contributed by atoms with Gasteiger partial charge in [0.2, 0.25) is 5.91 Å². The molecule has 438 valence electrons. The lowest BCUT2D eigenvalue weighted by Crippen LogP contribution is -2.45. The van der Waals surface area contributed by atoms with E-state index in [9.17, 15) is 19.8 Å². The van der Waals surface area contributed by atoms with Gasteiger partial charge in [0.25, 0.3) is 0 Å². The first-order valence-electron chi connectivity index (χ1n) is 33.1. The van der Waals surface area contributed by atoms with Gasteiger partial charge in [0.05, 0.1) is 25.4 Å². The average molecular weight is 1050 g/mol. The van der Waals surface area contributed by atoms with Gasteiger partial charge in [0, 0.05) is 12.8 Å². The predicted molar refractivity (Wildman–Crippen MR) is 328 cm³/mol. The van der Waals surface area contributed by atoms with Crippen molar-refractivity contribution in [2.24, 2.45) is 0 Å². The Balaban J connectivity index is 3.47. The van der Waals surface area contributed by atoms with Gasteiger partial charge in [-0.3, -0.25) is 9.59 Å². The molecule has 3 N–H and O–H groups in total. The van der Waals surface area contributed by atoms with E-state index in [1.807, 2.05) is 6.08 Å². The first-order valence-corrected chi connectivity index (χ1v) is 33.1. The normalized spacial score (nSPS) is 13.0. The van der Waals surface area contributed by atoms with Crippen molar-refractivity contribution in [3.05, 3.63) is 60.8 Å². The van der Waals surface area contributed by atoms with Crippen molar-refractivity contribution in [1.29, 1.82) is 0 Å². The number of aliphatic hydroxyl groups excluding tert-OH is 2. The number of ether oxygens (including phenoxy) is 1. The maximum Gasteiger partial charge on any atom is 0.305 e. The second-order valence-electron chi connectivity index (χ2n) is 22.4. The quantitative estimate of drug-likeness (QED) is 0.0320. The Bertz CT molecular complexity index is 1300. The van der Waals surface area contributed by atoms with Crippen LogP contribution in [0, 0.1) is 0 Å². The molecule has 6 nitrogen and oxygen atoms in total. The van der Waals surface area contributed by atoms with E-state index >= 15 is 0 Å². The molecule has 0 saturated heterocycles. The molecule has 6 heteroatoms. The van der Waals surface area contributed by atoms with E-state index in [0.717, 1.165) is 57.8 Å². The van der Waals surface area contributed by atoms with E-state index in [1.165, 1.54) is 257 Å². The molecular formula is C69H127NO5. The first kappa shape index (κ1) is 72.6. The maximum absolute atomic E-state index is 12.5. The van der Waals surface area contributed by atoms with Gasteiger partial charge in [0.15, 0.2) is 0 Å². The number of carbonyl (C=O) groups is 2. The molecule has 0 spiro atoms. The number of amides is 1. The van der Waals surface area contributed by atoms with E-state index in [2.05, 4.69) is 67.8 Å². The molecule has 1 amide bonds. The lowest BCUT2D eigenvalue weighted by Gasteiger charge is -2.20. The second kappa shape index (κ2) is 64.1. The molecule has 0 aliphatic heterocycles. The molecule has 0 bridgehead atoms. The molecule has 0 aromatic heterocycles.